The third-order valence-corrected chi connectivity index (χ3v) is 9.42. The molecule has 1 aromatic carbocycles. The first kappa shape index (κ1) is 21.9. The number of hydrogen-bond donors (Lipinski definition) is 0. The van der Waals surface area contributed by atoms with E-state index in [1.54, 1.807) is 4.88 Å². The second-order valence-corrected chi connectivity index (χ2v) is 11.3. The molecule has 0 saturated heterocycles. The van der Waals surface area contributed by atoms with E-state index in [4.69, 9.17) is 4.74 Å². The van der Waals surface area contributed by atoms with Gasteiger partial charge in [0.25, 0.3) is 0 Å². The van der Waals surface area contributed by atoms with Crippen LogP contribution in [0.25, 0.3) is 19.8 Å². The minimum atomic E-state index is 0.708. The van der Waals surface area contributed by atoms with E-state index in [1.807, 2.05) is 22.7 Å². The quantitative estimate of drug-likeness (QED) is 0.301. The second-order valence-electron chi connectivity index (χ2n) is 9.07. The molecule has 30 heavy (non-hydrogen) atoms. The monoisotopic (exact) mass is 440 g/mol. The first-order chi connectivity index (χ1) is 14.7. The van der Waals surface area contributed by atoms with Gasteiger partial charge in [-0.1, -0.05) is 52.9 Å². The molecule has 1 atom stereocenters. The van der Waals surface area contributed by atoms with Crippen LogP contribution in [0.2, 0.25) is 0 Å². The second kappa shape index (κ2) is 10.3. The highest BCUT2D eigenvalue weighted by Gasteiger charge is 2.27. The van der Waals surface area contributed by atoms with Gasteiger partial charge in [-0.3, -0.25) is 0 Å². The lowest BCUT2D eigenvalue weighted by atomic mass is 9.75. The van der Waals surface area contributed by atoms with Crippen LogP contribution in [-0.2, 0) is 0 Å². The molecule has 0 N–H and O–H groups in total. The number of hydrogen-bond acceptors (Lipinski definition) is 3. The molecule has 3 heteroatoms. The van der Waals surface area contributed by atoms with Gasteiger partial charge in [0.15, 0.2) is 0 Å². The molecule has 0 amide bonds. The molecule has 0 radical (unpaired) electrons. The molecule has 3 aromatic rings. The minimum absolute atomic E-state index is 0.708. The van der Waals surface area contributed by atoms with Crippen LogP contribution in [0.4, 0.5) is 0 Å². The zero-order chi connectivity index (χ0) is 20.9. The van der Waals surface area contributed by atoms with Crippen LogP contribution in [-0.4, -0.2) is 6.61 Å². The van der Waals surface area contributed by atoms with Gasteiger partial charge < -0.3 is 4.74 Å². The SMILES string of the molecule is CCCCOc1ccc(-c2cc3sc(C(C)C4CCC(CCC)CC4)cc3s2)cc1. The third-order valence-electron chi connectivity index (χ3n) is 6.88. The van der Waals surface area contributed by atoms with Crippen LogP contribution < -0.4 is 4.74 Å². The van der Waals surface area contributed by atoms with Gasteiger partial charge in [0, 0.05) is 19.2 Å². The van der Waals surface area contributed by atoms with Crippen molar-refractivity contribution in [2.24, 2.45) is 11.8 Å². The van der Waals surface area contributed by atoms with Crippen LogP contribution >= 0.6 is 22.7 Å². The molecule has 2 heterocycles. The molecule has 1 aliphatic rings. The number of benzene rings is 1. The van der Waals surface area contributed by atoms with Crippen molar-refractivity contribution in [1.82, 2.24) is 0 Å². The lowest BCUT2D eigenvalue weighted by molar-refractivity contribution is 0.240. The Morgan fingerprint density at radius 1 is 0.933 bits per heavy atom. The maximum absolute atomic E-state index is 5.81. The Labute approximate surface area is 190 Å². The smallest absolute Gasteiger partial charge is 0.119 e. The molecule has 1 nitrogen and oxygen atoms in total. The summed E-state index contributed by atoms with van der Waals surface area (Å²) in [6, 6.07) is 13.5. The van der Waals surface area contributed by atoms with Gasteiger partial charge in [-0.2, -0.15) is 0 Å². The zero-order valence-corrected chi connectivity index (χ0v) is 20.4. The number of rotatable bonds is 9. The van der Waals surface area contributed by atoms with E-state index in [9.17, 15) is 0 Å². The van der Waals surface area contributed by atoms with E-state index in [0.717, 1.165) is 30.6 Å². The fourth-order valence-electron chi connectivity index (χ4n) is 4.89. The maximum atomic E-state index is 5.81. The van der Waals surface area contributed by atoms with E-state index in [2.05, 4.69) is 57.2 Å². The molecule has 4 rings (SSSR count). The van der Waals surface area contributed by atoms with Gasteiger partial charge in [-0.05, 0) is 79.0 Å². The average Bonchev–Trinajstić information content (AvgIpc) is 3.34. The lowest BCUT2D eigenvalue weighted by Gasteiger charge is -2.31. The van der Waals surface area contributed by atoms with Crippen molar-refractivity contribution in [3.63, 3.8) is 0 Å². The van der Waals surface area contributed by atoms with Crippen LogP contribution in [0.15, 0.2) is 36.4 Å². The van der Waals surface area contributed by atoms with E-state index >= 15 is 0 Å². The Kier molecular flexibility index (Phi) is 7.54. The molecule has 1 saturated carbocycles. The van der Waals surface area contributed by atoms with Gasteiger partial charge in [-0.25, -0.2) is 0 Å². The molecule has 0 bridgehead atoms. The Balaban J connectivity index is 1.40. The highest BCUT2D eigenvalue weighted by molar-refractivity contribution is 7.29. The molecule has 0 spiro atoms. The molecule has 162 valence electrons. The van der Waals surface area contributed by atoms with Crippen molar-refractivity contribution in [3.8, 4) is 16.2 Å². The number of ether oxygens (including phenoxy) is 1. The number of fused-ring (bicyclic) bond motifs is 1. The van der Waals surface area contributed by atoms with Crippen LogP contribution in [0.5, 0.6) is 5.75 Å². The Morgan fingerprint density at radius 2 is 1.67 bits per heavy atom. The van der Waals surface area contributed by atoms with Gasteiger partial charge in [-0.15, -0.1) is 22.7 Å². The van der Waals surface area contributed by atoms with Gasteiger partial charge >= 0.3 is 0 Å². The Bertz CT molecular complexity index is 881. The van der Waals surface area contributed by atoms with Crippen molar-refractivity contribution in [3.05, 3.63) is 41.3 Å². The molecule has 0 aliphatic heterocycles. The topological polar surface area (TPSA) is 9.23 Å². The van der Waals surface area contributed by atoms with Crippen LogP contribution in [0.3, 0.4) is 0 Å². The minimum Gasteiger partial charge on any atom is -0.494 e. The first-order valence-electron chi connectivity index (χ1n) is 11.9. The van der Waals surface area contributed by atoms with Crippen molar-refractivity contribution < 1.29 is 4.74 Å². The van der Waals surface area contributed by atoms with Crippen molar-refractivity contribution in [2.45, 2.75) is 78.1 Å². The van der Waals surface area contributed by atoms with Gasteiger partial charge in [0.05, 0.1) is 6.61 Å². The van der Waals surface area contributed by atoms with Crippen LogP contribution in [0, 0.1) is 11.8 Å². The van der Waals surface area contributed by atoms with Crippen LogP contribution in [0.1, 0.15) is 82.9 Å². The summed E-state index contributed by atoms with van der Waals surface area (Å²) in [5.41, 5.74) is 1.30. The van der Waals surface area contributed by atoms with E-state index in [1.165, 1.54) is 64.8 Å². The zero-order valence-electron chi connectivity index (χ0n) is 18.8. The van der Waals surface area contributed by atoms with E-state index in [-0.39, 0.29) is 0 Å². The highest BCUT2D eigenvalue weighted by atomic mass is 32.1. The normalized spacial score (nSPS) is 20.5. The molecular formula is C27H36OS2. The summed E-state index contributed by atoms with van der Waals surface area (Å²) in [5.74, 6) is 3.57. The molecule has 1 aliphatic carbocycles. The van der Waals surface area contributed by atoms with Crippen molar-refractivity contribution in [2.75, 3.05) is 6.61 Å². The summed E-state index contributed by atoms with van der Waals surface area (Å²) in [6.45, 7) is 7.81. The van der Waals surface area contributed by atoms with E-state index in [0.29, 0.717) is 5.92 Å². The van der Waals surface area contributed by atoms with E-state index < -0.39 is 0 Å². The van der Waals surface area contributed by atoms with Gasteiger partial charge in [0.1, 0.15) is 5.75 Å². The molecule has 1 fully saturated rings. The summed E-state index contributed by atoms with van der Waals surface area (Å²) >= 11 is 3.97. The Morgan fingerprint density at radius 3 is 2.33 bits per heavy atom. The highest BCUT2D eigenvalue weighted by Crippen LogP contribution is 2.45. The summed E-state index contributed by atoms with van der Waals surface area (Å²) in [6.07, 6.45) is 10.8. The molecule has 2 aromatic heterocycles. The summed E-state index contributed by atoms with van der Waals surface area (Å²) in [4.78, 5) is 2.97. The standard InChI is InChI=1S/C27H36OS2/c1-4-6-16-28-23-14-12-22(13-15-23)25-18-27-26(30-25)17-24(29-27)19(3)21-10-8-20(7-5-2)9-11-21/h12-15,17-21H,4-11,16H2,1-3H3. The Hall–Kier alpha value is -1.32. The summed E-state index contributed by atoms with van der Waals surface area (Å²) in [5, 5.41) is 0. The maximum Gasteiger partial charge on any atom is 0.119 e. The third kappa shape index (κ3) is 5.11. The van der Waals surface area contributed by atoms with Gasteiger partial charge in [0.2, 0.25) is 0 Å². The summed E-state index contributed by atoms with van der Waals surface area (Å²) < 4.78 is 8.72. The average molecular weight is 441 g/mol. The largest absolute Gasteiger partial charge is 0.494 e. The molecular weight excluding hydrogens is 404 g/mol. The first-order valence-corrected chi connectivity index (χ1v) is 13.6. The predicted octanol–water partition coefficient (Wildman–Crippen LogP) is 9.52. The predicted molar refractivity (Wildman–Crippen MR) is 134 cm³/mol. The fraction of sp³-hybridized carbons (Fsp3) is 0.556. The molecule has 1 unspecified atom stereocenters. The number of unbranched alkanes of at least 4 members (excludes halogenated alkanes) is 1. The van der Waals surface area contributed by atoms with Crippen molar-refractivity contribution in [1.29, 1.82) is 0 Å². The lowest BCUT2D eigenvalue weighted by Crippen LogP contribution is -2.18. The summed E-state index contributed by atoms with van der Waals surface area (Å²) in [7, 11) is 0. The fourth-order valence-corrected chi connectivity index (χ4v) is 7.45. The van der Waals surface area contributed by atoms with Crippen molar-refractivity contribution >= 4 is 32.1 Å². The number of thiophene rings is 2.